The molecule has 7 heteroatoms. The maximum absolute atomic E-state index is 12.2. The molecule has 2 aromatic carbocycles. The summed E-state index contributed by atoms with van der Waals surface area (Å²) in [6.45, 7) is 0.0624. The normalized spacial score (nSPS) is 13.1. The van der Waals surface area contributed by atoms with Crippen LogP contribution in [0, 0.1) is 0 Å². The molecule has 0 radical (unpaired) electrons. The third kappa shape index (κ3) is 4.34. The first-order chi connectivity index (χ1) is 9.90. The van der Waals surface area contributed by atoms with E-state index in [0.717, 1.165) is 5.56 Å². The number of hydrogen-bond donors (Lipinski definition) is 1. The van der Waals surface area contributed by atoms with E-state index < -0.39 is 15.4 Å². The summed E-state index contributed by atoms with van der Waals surface area (Å²) in [6, 6.07) is 13.4. The molecule has 0 aliphatic carbocycles. The summed E-state index contributed by atoms with van der Waals surface area (Å²) in [7, 11) is -3.74. The van der Waals surface area contributed by atoms with E-state index in [2.05, 4.69) is 4.72 Å². The minimum Gasteiger partial charge on any atom is -0.209 e. The average molecular weight is 365 g/mol. The van der Waals surface area contributed by atoms with Gasteiger partial charge in [-0.25, -0.2) is 13.1 Å². The second-order valence-electron chi connectivity index (χ2n) is 4.30. The summed E-state index contributed by atoms with van der Waals surface area (Å²) in [5.74, 6) is 0. The minimum atomic E-state index is -3.74. The van der Waals surface area contributed by atoms with E-state index in [1.165, 1.54) is 18.2 Å². The van der Waals surface area contributed by atoms with Gasteiger partial charge in [0.2, 0.25) is 10.0 Å². The molecular weight excluding hydrogens is 353 g/mol. The van der Waals surface area contributed by atoms with Gasteiger partial charge in [0, 0.05) is 11.6 Å². The Morgan fingerprint density at radius 2 is 1.71 bits per heavy atom. The highest BCUT2D eigenvalue weighted by Crippen LogP contribution is 2.25. The van der Waals surface area contributed by atoms with Crippen molar-refractivity contribution in [3.63, 3.8) is 0 Å². The molecule has 0 aliphatic heterocycles. The third-order valence-corrected chi connectivity index (χ3v) is 5.35. The molecule has 1 N–H and O–H groups in total. The lowest BCUT2D eigenvalue weighted by Crippen LogP contribution is -2.27. The van der Waals surface area contributed by atoms with Gasteiger partial charge >= 0.3 is 0 Å². The van der Waals surface area contributed by atoms with E-state index in [1.54, 1.807) is 0 Å². The molecule has 0 aliphatic rings. The summed E-state index contributed by atoms with van der Waals surface area (Å²) in [6.07, 6.45) is 0. The molecule has 2 rings (SSSR count). The van der Waals surface area contributed by atoms with Crippen LogP contribution in [-0.2, 0) is 10.0 Å². The van der Waals surface area contributed by atoms with Crippen LogP contribution in [0.5, 0.6) is 0 Å². The first kappa shape index (κ1) is 16.6. The van der Waals surface area contributed by atoms with Crippen molar-refractivity contribution in [1.82, 2.24) is 4.72 Å². The maximum Gasteiger partial charge on any atom is 0.242 e. The van der Waals surface area contributed by atoms with Gasteiger partial charge in [-0.05, 0) is 23.8 Å². The molecule has 0 unspecified atom stereocenters. The van der Waals surface area contributed by atoms with Crippen LogP contribution in [0.1, 0.15) is 10.9 Å². The third-order valence-electron chi connectivity index (χ3n) is 2.80. The monoisotopic (exact) mass is 363 g/mol. The summed E-state index contributed by atoms with van der Waals surface area (Å²) < 4.78 is 26.9. The Labute approximate surface area is 138 Å². The van der Waals surface area contributed by atoms with Gasteiger partial charge in [0.1, 0.15) is 4.90 Å². The molecule has 0 saturated heterocycles. The van der Waals surface area contributed by atoms with Gasteiger partial charge in [-0.1, -0.05) is 53.5 Å². The van der Waals surface area contributed by atoms with Gasteiger partial charge < -0.3 is 0 Å². The fourth-order valence-electron chi connectivity index (χ4n) is 1.73. The smallest absolute Gasteiger partial charge is 0.209 e. The molecule has 0 fully saturated rings. The van der Waals surface area contributed by atoms with Crippen LogP contribution in [0.3, 0.4) is 0 Å². The van der Waals surface area contributed by atoms with Crippen LogP contribution < -0.4 is 4.72 Å². The van der Waals surface area contributed by atoms with E-state index in [9.17, 15) is 8.42 Å². The van der Waals surface area contributed by atoms with Crippen molar-refractivity contribution in [2.24, 2.45) is 0 Å². The molecule has 0 saturated carbocycles. The molecule has 0 bridgehead atoms. The van der Waals surface area contributed by atoms with Crippen molar-refractivity contribution in [3.05, 3.63) is 64.1 Å². The zero-order chi connectivity index (χ0) is 15.5. The zero-order valence-electron chi connectivity index (χ0n) is 10.8. The van der Waals surface area contributed by atoms with E-state index in [1.807, 2.05) is 30.3 Å². The van der Waals surface area contributed by atoms with Crippen molar-refractivity contribution >= 4 is 44.8 Å². The minimum absolute atomic E-state index is 0.0227. The van der Waals surface area contributed by atoms with Crippen molar-refractivity contribution in [2.45, 2.75) is 10.3 Å². The van der Waals surface area contributed by atoms with Crippen LogP contribution in [0.2, 0.25) is 10.0 Å². The molecule has 0 spiro atoms. The predicted molar refractivity (Wildman–Crippen MR) is 86.7 cm³/mol. The van der Waals surface area contributed by atoms with Gasteiger partial charge in [-0.3, -0.25) is 0 Å². The predicted octanol–water partition coefficient (Wildman–Crippen LogP) is 4.25. The first-order valence-electron chi connectivity index (χ1n) is 6.04. The molecular formula is C14H12Cl3NO2S. The summed E-state index contributed by atoms with van der Waals surface area (Å²) in [4.78, 5) is -0.0227. The maximum atomic E-state index is 12.2. The van der Waals surface area contributed by atoms with E-state index in [4.69, 9.17) is 34.8 Å². The molecule has 0 aromatic heterocycles. The van der Waals surface area contributed by atoms with Crippen LogP contribution in [0.25, 0.3) is 0 Å². The van der Waals surface area contributed by atoms with Gasteiger partial charge in [0.05, 0.1) is 10.4 Å². The van der Waals surface area contributed by atoms with E-state index in [0.29, 0.717) is 5.02 Å². The second-order valence-corrected chi connectivity index (χ2v) is 7.41. The molecule has 2 aromatic rings. The lowest BCUT2D eigenvalue weighted by Gasteiger charge is -2.12. The second kappa shape index (κ2) is 6.99. The van der Waals surface area contributed by atoms with E-state index in [-0.39, 0.29) is 16.5 Å². The van der Waals surface area contributed by atoms with Crippen molar-refractivity contribution < 1.29 is 8.42 Å². The fraction of sp³-hybridized carbons (Fsp3) is 0.143. The Morgan fingerprint density at radius 1 is 1.05 bits per heavy atom. The number of halogens is 3. The molecule has 3 nitrogen and oxygen atoms in total. The quantitative estimate of drug-likeness (QED) is 0.806. The Morgan fingerprint density at radius 3 is 2.33 bits per heavy atom. The van der Waals surface area contributed by atoms with Crippen LogP contribution in [0.4, 0.5) is 0 Å². The van der Waals surface area contributed by atoms with E-state index >= 15 is 0 Å². The fourth-order valence-corrected chi connectivity index (χ4v) is 3.87. The largest absolute Gasteiger partial charge is 0.242 e. The van der Waals surface area contributed by atoms with Crippen molar-refractivity contribution in [1.29, 1.82) is 0 Å². The Balaban J connectivity index is 2.11. The Bertz CT molecular complexity index is 720. The number of hydrogen-bond acceptors (Lipinski definition) is 2. The molecule has 112 valence electrons. The molecule has 0 amide bonds. The highest BCUT2D eigenvalue weighted by atomic mass is 35.5. The van der Waals surface area contributed by atoms with Crippen molar-refractivity contribution in [3.8, 4) is 0 Å². The van der Waals surface area contributed by atoms with Gasteiger partial charge in [0.25, 0.3) is 0 Å². The van der Waals surface area contributed by atoms with Gasteiger partial charge in [-0.2, -0.15) is 0 Å². The summed E-state index contributed by atoms with van der Waals surface area (Å²) >= 11 is 17.8. The lowest BCUT2D eigenvalue weighted by atomic mass is 10.1. The molecule has 21 heavy (non-hydrogen) atoms. The lowest BCUT2D eigenvalue weighted by molar-refractivity contribution is 0.581. The molecule has 1 atom stereocenters. The topological polar surface area (TPSA) is 46.2 Å². The SMILES string of the molecule is O=S(=O)(NC[C@@H](Cl)c1ccccc1)c1ccc(Cl)cc1Cl. The summed E-state index contributed by atoms with van der Waals surface area (Å²) in [5, 5.41) is -0.0219. The number of benzene rings is 2. The summed E-state index contributed by atoms with van der Waals surface area (Å²) in [5.41, 5.74) is 0.837. The standard InChI is InChI=1S/C14H12Cl3NO2S/c15-11-6-7-14(12(16)8-11)21(19,20)18-9-13(17)10-4-2-1-3-5-10/h1-8,13,18H,9H2/t13-/m1/s1. The highest BCUT2D eigenvalue weighted by molar-refractivity contribution is 7.89. The average Bonchev–Trinajstić information content (AvgIpc) is 2.45. The van der Waals surface area contributed by atoms with Crippen LogP contribution >= 0.6 is 34.8 Å². The number of alkyl halides is 1. The number of rotatable bonds is 5. The molecule has 0 heterocycles. The zero-order valence-corrected chi connectivity index (χ0v) is 13.8. The number of nitrogens with one attached hydrogen (secondary N) is 1. The Kier molecular flexibility index (Phi) is 5.52. The van der Waals surface area contributed by atoms with Crippen molar-refractivity contribution in [2.75, 3.05) is 6.54 Å². The Hall–Kier alpha value is -0.780. The van der Waals surface area contributed by atoms with Crippen LogP contribution in [0.15, 0.2) is 53.4 Å². The highest BCUT2D eigenvalue weighted by Gasteiger charge is 2.19. The first-order valence-corrected chi connectivity index (χ1v) is 8.71. The van der Waals surface area contributed by atoms with Gasteiger partial charge in [-0.15, -0.1) is 11.6 Å². The van der Waals surface area contributed by atoms with Gasteiger partial charge in [0.15, 0.2) is 0 Å². The number of sulfonamides is 1. The van der Waals surface area contributed by atoms with Crippen LogP contribution in [-0.4, -0.2) is 15.0 Å².